The van der Waals surface area contributed by atoms with E-state index in [1.165, 1.54) is 18.4 Å². The number of hydrogen-bond donors (Lipinski definition) is 1. The predicted octanol–water partition coefficient (Wildman–Crippen LogP) is 0.659. The van der Waals surface area contributed by atoms with Crippen molar-refractivity contribution >= 4 is 21.4 Å². The van der Waals surface area contributed by atoms with Crippen LogP contribution in [0.25, 0.3) is 0 Å². The lowest BCUT2D eigenvalue weighted by Gasteiger charge is -2.39. The zero-order chi connectivity index (χ0) is 15.8. The van der Waals surface area contributed by atoms with Crippen molar-refractivity contribution in [3.63, 3.8) is 0 Å². The first-order chi connectivity index (χ1) is 9.73. The molecule has 1 heterocycles. The molecule has 1 atom stereocenters. The summed E-state index contributed by atoms with van der Waals surface area (Å²) in [6.45, 7) is 4.77. The fraction of sp³-hybridized carbons (Fsp3) is 0.571. The minimum absolute atomic E-state index is 0.281. The first kappa shape index (κ1) is 16.1. The molecule has 1 aromatic carbocycles. The molecule has 0 aromatic heterocycles. The molecule has 7 heteroatoms. The standard InChI is InChI=1S/C14H24N4O2S/c1-11-10-18(8-7-17(11)4)14-9-12(5-6-13(14)15)21(19,20)16(2)3/h5-6,9,11H,7-8,10,15H2,1-4H3. The molecule has 21 heavy (non-hydrogen) atoms. The molecule has 0 radical (unpaired) electrons. The van der Waals surface area contributed by atoms with Gasteiger partial charge in [-0.15, -0.1) is 0 Å². The maximum atomic E-state index is 12.3. The Bertz CT molecular complexity index is 615. The third-order valence-corrected chi connectivity index (χ3v) is 5.89. The summed E-state index contributed by atoms with van der Waals surface area (Å²) in [5.74, 6) is 0. The second kappa shape index (κ2) is 5.82. The Kier molecular flexibility index (Phi) is 4.46. The number of nitrogens with zero attached hydrogens (tertiary/aromatic N) is 3. The number of rotatable bonds is 3. The van der Waals surface area contributed by atoms with Crippen LogP contribution in [0.3, 0.4) is 0 Å². The van der Waals surface area contributed by atoms with Gasteiger partial charge in [-0.25, -0.2) is 12.7 Å². The summed E-state index contributed by atoms with van der Waals surface area (Å²) in [7, 11) is 1.72. The molecule has 1 unspecified atom stereocenters. The molecule has 2 N–H and O–H groups in total. The number of piperazine rings is 1. The molecule has 6 nitrogen and oxygen atoms in total. The van der Waals surface area contributed by atoms with Crippen molar-refractivity contribution in [3.05, 3.63) is 18.2 Å². The Morgan fingerprint density at radius 3 is 2.52 bits per heavy atom. The summed E-state index contributed by atoms with van der Waals surface area (Å²) < 4.78 is 25.7. The van der Waals surface area contributed by atoms with Gasteiger partial charge in [0.25, 0.3) is 0 Å². The number of nitrogen functional groups attached to an aromatic ring is 1. The molecule has 2 rings (SSSR count). The van der Waals surface area contributed by atoms with Crippen molar-refractivity contribution in [2.45, 2.75) is 17.9 Å². The average Bonchev–Trinajstić information content (AvgIpc) is 2.42. The Balaban J connectivity index is 2.37. The van der Waals surface area contributed by atoms with E-state index in [2.05, 4.69) is 23.8 Å². The highest BCUT2D eigenvalue weighted by Crippen LogP contribution is 2.29. The second-order valence-corrected chi connectivity index (χ2v) is 7.94. The van der Waals surface area contributed by atoms with Crippen LogP contribution >= 0.6 is 0 Å². The number of sulfonamides is 1. The zero-order valence-corrected chi connectivity index (χ0v) is 13.9. The Morgan fingerprint density at radius 1 is 1.29 bits per heavy atom. The van der Waals surface area contributed by atoms with Crippen LogP contribution in [-0.4, -0.2) is 64.4 Å². The topological polar surface area (TPSA) is 69.9 Å². The van der Waals surface area contributed by atoms with Crippen molar-refractivity contribution in [2.75, 3.05) is 51.4 Å². The van der Waals surface area contributed by atoms with Crippen molar-refractivity contribution in [1.29, 1.82) is 0 Å². The van der Waals surface area contributed by atoms with Crippen molar-refractivity contribution in [2.24, 2.45) is 0 Å². The molecular formula is C14H24N4O2S. The van der Waals surface area contributed by atoms with Gasteiger partial charge in [-0.2, -0.15) is 0 Å². The van der Waals surface area contributed by atoms with Gasteiger partial charge in [0.2, 0.25) is 10.0 Å². The van der Waals surface area contributed by atoms with Crippen molar-refractivity contribution in [3.8, 4) is 0 Å². The molecule has 0 amide bonds. The molecular weight excluding hydrogens is 288 g/mol. The SMILES string of the molecule is CC1CN(c2cc(S(=O)(=O)N(C)C)ccc2N)CCN1C. The second-order valence-electron chi connectivity index (χ2n) is 5.78. The third kappa shape index (κ3) is 3.14. The number of benzene rings is 1. The maximum Gasteiger partial charge on any atom is 0.242 e. The number of hydrogen-bond acceptors (Lipinski definition) is 5. The van der Waals surface area contributed by atoms with Gasteiger partial charge in [0.05, 0.1) is 16.3 Å². The molecule has 1 aliphatic rings. The largest absolute Gasteiger partial charge is 0.397 e. The van der Waals surface area contributed by atoms with E-state index < -0.39 is 10.0 Å². The molecule has 1 saturated heterocycles. The molecule has 118 valence electrons. The van der Waals surface area contributed by atoms with Gasteiger partial charge >= 0.3 is 0 Å². The van der Waals surface area contributed by atoms with E-state index in [0.29, 0.717) is 11.7 Å². The van der Waals surface area contributed by atoms with Gasteiger partial charge in [-0.05, 0) is 32.2 Å². The van der Waals surface area contributed by atoms with Gasteiger partial charge in [-0.3, -0.25) is 0 Å². The van der Waals surface area contributed by atoms with Gasteiger partial charge in [0, 0.05) is 39.8 Å². The number of nitrogens with two attached hydrogens (primary N) is 1. The fourth-order valence-electron chi connectivity index (χ4n) is 2.44. The minimum atomic E-state index is -3.44. The first-order valence-corrected chi connectivity index (χ1v) is 8.44. The van der Waals surface area contributed by atoms with E-state index in [0.717, 1.165) is 25.3 Å². The zero-order valence-electron chi connectivity index (χ0n) is 13.1. The molecule has 1 aromatic rings. The lowest BCUT2D eigenvalue weighted by Crippen LogP contribution is -2.50. The first-order valence-electron chi connectivity index (χ1n) is 7.00. The van der Waals surface area contributed by atoms with E-state index >= 15 is 0 Å². The Hall–Kier alpha value is -1.31. The summed E-state index contributed by atoms with van der Waals surface area (Å²) in [6.07, 6.45) is 0. The van der Waals surface area contributed by atoms with Crippen LogP contribution in [0.1, 0.15) is 6.92 Å². The molecule has 1 fully saturated rings. The Labute approximate surface area is 127 Å². The van der Waals surface area contributed by atoms with Gasteiger partial charge < -0.3 is 15.5 Å². The summed E-state index contributed by atoms with van der Waals surface area (Å²) in [4.78, 5) is 4.73. The van der Waals surface area contributed by atoms with Crippen LogP contribution in [0, 0.1) is 0 Å². The smallest absolute Gasteiger partial charge is 0.242 e. The van der Waals surface area contributed by atoms with Crippen LogP contribution in [0.2, 0.25) is 0 Å². The van der Waals surface area contributed by atoms with Crippen LogP contribution in [-0.2, 0) is 10.0 Å². The molecule has 1 aliphatic heterocycles. The summed E-state index contributed by atoms with van der Waals surface area (Å²) in [6, 6.07) is 5.33. The predicted molar refractivity (Wildman–Crippen MR) is 86.0 cm³/mol. The molecule has 0 bridgehead atoms. The van der Waals surface area contributed by atoms with Gasteiger partial charge in [-0.1, -0.05) is 0 Å². The molecule has 0 aliphatic carbocycles. The van der Waals surface area contributed by atoms with Crippen molar-refractivity contribution in [1.82, 2.24) is 9.21 Å². The highest BCUT2D eigenvalue weighted by Gasteiger charge is 2.24. The van der Waals surface area contributed by atoms with E-state index in [9.17, 15) is 8.42 Å². The van der Waals surface area contributed by atoms with E-state index in [1.807, 2.05) is 0 Å². The van der Waals surface area contributed by atoms with Crippen LogP contribution in [0.15, 0.2) is 23.1 Å². The number of anilines is 2. The van der Waals surface area contributed by atoms with Gasteiger partial charge in [0.15, 0.2) is 0 Å². The lowest BCUT2D eigenvalue weighted by atomic mass is 10.1. The highest BCUT2D eigenvalue weighted by molar-refractivity contribution is 7.89. The van der Waals surface area contributed by atoms with Crippen molar-refractivity contribution < 1.29 is 8.42 Å². The average molecular weight is 312 g/mol. The summed E-state index contributed by atoms with van der Waals surface area (Å²) >= 11 is 0. The normalized spacial score (nSPS) is 21.0. The highest BCUT2D eigenvalue weighted by atomic mass is 32.2. The maximum absolute atomic E-state index is 12.3. The summed E-state index contributed by atoms with van der Waals surface area (Å²) in [5.41, 5.74) is 7.47. The summed E-state index contributed by atoms with van der Waals surface area (Å²) in [5, 5.41) is 0. The van der Waals surface area contributed by atoms with Gasteiger partial charge in [0.1, 0.15) is 0 Å². The van der Waals surface area contributed by atoms with E-state index in [1.54, 1.807) is 18.2 Å². The molecule has 0 saturated carbocycles. The Morgan fingerprint density at radius 2 is 1.95 bits per heavy atom. The lowest BCUT2D eigenvalue weighted by molar-refractivity contribution is 0.234. The quantitative estimate of drug-likeness (QED) is 0.830. The van der Waals surface area contributed by atoms with Crippen LogP contribution in [0.5, 0.6) is 0 Å². The van der Waals surface area contributed by atoms with E-state index in [4.69, 9.17) is 5.73 Å². The number of likely N-dealkylation sites (N-methyl/N-ethyl adjacent to an activating group) is 1. The minimum Gasteiger partial charge on any atom is -0.397 e. The monoisotopic (exact) mass is 312 g/mol. The fourth-order valence-corrected chi connectivity index (χ4v) is 3.36. The van der Waals surface area contributed by atoms with Crippen LogP contribution < -0.4 is 10.6 Å². The molecule has 0 spiro atoms. The van der Waals surface area contributed by atoms with E-state index in [-0.39, 0.29) is 4.90 Å². The third-order valence-electron chi connectivity index (χ3n) is 4.08. The van der Waals surface area contributed by atoms with Crippen LogP contribution in [0.4, 0.5) is 11.4 Å².